The van der Waals surface area contributed by atoms with Crippen LogP contribution in [0.3, 0.4) is 0 Å². The van der Waals surface area contributed by atoms with E-state index in [4.69, 9.17) is 4.74 Å². The minimum absolute atomic E-state index is 0.116. The summed E-state index contributed by atoms with van der Waals surface area (Å²) in [5.74, 6) is -0.979. The van der Waals surface area contributed by atoms with Gasteiger partial charge in [0.1, 0.15) is 11.9 Å². The van der Waals surface area contributed by atoms with E-state index in [1.165, 1.54) is 6.07 Å². The molecule has 1 heterocycles. The first kappa shape index (κ1) is 11.3. The molecule has 2 unspecified atom stereocenters. The van der Waals surface area contributed by atoms with Crippen LogP contribution in [0.25, 0.3) is 0 Å². The summed E-state index contributed by atoms with van der Waals surface area (Å²) in [6.07, 6.45) is 0.638. The number of nitrogens with one attached hydrogen (secondary N) is 1. The van der Waals surface area contributed by atoms with Gasteiger partial charge in [0, 0.05) is 11.6 Å². The third kappa shape index (κ3) is 1.78. The van der Waals surface area contributed by atoms with Crippen molar-refractivity contribution < 1.29 is 13.5 Å². The highest BCUT2D eigenvalue weighted by molar-refractivity contribution is 5.42. The largest absolute Gasteiger partial charge is 0.485 e. The standard InChI is InChI=1S/C12H15F2NO/c1-3-10-11(15-4-2)8-5-7(13)6-9(14)12(8)16-10/h5-6,10-11,15H,3-4H2,1-2H3. The summed E-state index contributed by atoms with van der Waals surface area (Å²) in [6.45, 7) is 4.66. The highest BCUT2D eigenvalue weighted by Gasteiger charge is 2.35. The zero-order valence-electron chi connectivity index (χ0n) is 9.39. The topological polar surface area (TPSA) is 21.3 Å². The van der Waals surface area contributed by atoms with E-state index in [1.807, 2.05) is 13.8 Å². The van der Waals surface area contributed by atoms with Crippen LogP contribution in [-0.2, 0) is 0 Å². The summed E-state index contributed by atoms with van der Waals surface area (Å²) in [4.78, 5) is 0. The molecule has 0 aromatic heterocycles. The zero-order chi connectivity index (χ0) is 11.7. The Morgan fingerprint density at radius 1 is 1.31 bits per heavy atom. The van der Waals surface area contributed by atoms with Crippen LogP contribution in [0.5, 0.6) is 5.75 Å². The van der Waals surface area contributed by atoms with Gasteiger partial charge in [0.2, 0.25) is 0 Å². The number of hydrogen-bond donors (Lipinski definition) is 1. The van der Waals surface area contributed by atoms with Crippen LogP contribution in [0.2, 0.25) is 0 Å². The van der Waals surface area contributed by atoms with Crippen molar-refractivity contribution in [1.29, 1.82) is 0 Å². The van der Waals surface area contributed by atoms with E-state index in [2.05, 4.69) is 5.32 Å². The first-order valence-electron chi connectivity index (χ1n) is 5.56. The van der Waals surface area contributed by atoms with E-state index < -0.39 is 11.6 Å². The van der Waals surface area contributed by atoms with E-state index >= 15 is 0 Å². The van der Waals surface area contributed by atoms with Crippen molar-refractivity contribution in [3.8, 4) is 5.75 Å². The van der Waals surface area contributed by atoms with Gasteiger partial charge in [-0.1, -0.05) is 13.8 Å². The lowest BCUT2D eigenvalue weighted by molar-refractivity contribution is 0.180. The number of fused-ring (bicyclic) bond motifs is 1. The normalized spacial score (nSPS) is 23.0. The molecule has 1 aliphatic heterocycles. The SMILES string of the molecule is CCNC1c2cc(F)cc(F)c2OC1CC. The van der Waals surface area contributed by atoms with Crippen LogP contribution in [0.15, 0.2) is 12.1 Å². The van der Waals surface area contributed by atoms with Gasteiger partial charge in [0.25, 0.3) is 0 Å². The van der Waals surface area contributed by atoms with Crippen molar-refractivity contribution in [2.45, 2.75) is 32.4 Å². The van der Waals surface area contributed by atoms with Gasteiger partial charge in [0.15, 0.2) is 11.6 Å². The summed E-state index contributed by atoms with van der Waals surface area (Å²) >= 11 is 0. The molecule has 1 aromatic carbocycles. The van der Waals surface area contributed by atoms with Gasteiger partial charge < -0.3 is 10.1 Å². The minimum Gasteiger partial charge on any atom is -0.485 e. The molecule has 1 N–H and O–H groups in total. The van der Waals surface area contributed by atoms with Crippen molar-refractivity contribution in [3.63, 3.8) is 0 Å². The second-order valence-corrected chi connectivity index (χ2v) is 3.91. The summed E-state index contributed by atoms with van der Waals surface area (Å²) in [7, 11) is 0. The molecule has 0 saturated heterocycles. The number of hydrogen-bond acceptors (Lipinski definition) is 2. The van der Waals surface area contributed by atoms with E-state index in [9.17, 15) is 8.78 Å². The fraction of sp³-hybridized carbons (Fsp3) is 0.500. The molecular formula is C12H15F2NO. The molecule has 2 rings (SSSR count). The predicted molar refractivity (Wildman–Crippen MR) is 57.5 cm³/mol. The van der Waals surface area contributed by atoms with E-state index in [0.717, 1.165) is 19.0 Å². The molecule has 1 aliphatic rings. The van der Waals surface area contributed by atoms with Crippen molar-refractivity contribution >= 4 is 0 Å². The van der Waals surface area contributed by atoms with E-state index in [-0.39, 0.29) is 17.9 Å². The van der Waals surface area contributed by atoms with Crippen molar-refractivity contribution in [2.24, 2.45) is 0 Å². The van der Waals surface area contributed by atoms with Gasteiger partial charge in [0.05, 0.1) is 6.04 Å². The van der Waals surface area contributed by atoms with Crippen LogP contribution in [0, 0.1) is 11.6 Å². The Morgan fingerprint density at radius 3 is 2.69 bits per heavy atom. The summed E-state index contributed by atoms with van der Waals surface area (Å²) in [5.41, 5.74) is 0.589. The highest BCUT2D eigenvalue weighted by Crippen LogP contribution is 2.40. The molecule has 1 aromatic rings. The molecule has 0 radical (unpaired) electrons. The lowest BCUT2D eigenvalue weighted by Crippen LogP contribution is -2.30. The Morgan fingerprint density at radius 2 is 2.06 bits per heavy atom. The Kier molecular flexibility index (Phi) is 3.10. The molecule has 0 saturated carbocycles. The van der Waals surface area contributed by atoms with Crippen LogP contribution >= 0.6 is 0 Å². The van der Waals surface area contributed by atoms with Crippen LogP contribution in [0.1, 0.15) is 31.9 Å². The monoisotopic (exact) mass is 227 g/mol. The Labute approximate surface area is 93.6 Å². The molecule has 2 nitrogen and oxygen atoms in total. The molecule has 0 aliphatic carbocycles. The third-order valence-electron chi connectivity index (χ3n) is 2.84. The number of halogens is 2. The maximum absolute atomic E-state index is 13.5. The molecular weight excluding hydrogens is 212 g/mol. The third-order valence-corrected chi connectivity index (χ3v) is 2.84. The first-order valence-corrected chi connectivity index (χ1v) is 5.56. The maximum atomic E-state index is 13.5. The van der Waals surface area contributed by atoms with Gasteiger partial charge in [-0.25, -0.2) is 8.78 Å². The van der Waals surface area contributed by atoms with Gasteiger partial charge in [-0.05, 0) is 19.0 Å². The van der Waals surface area contributed by atoms with E-state index in [1.54, 1.807) is 0 Å². The van der Waals surface area contributed by atoms with E-state index in [0.29, 0.717) is 5.56 Å². The zero-order valence-corrected chi connectivity index (χ0v) is 9.39. The van der Waals surface area contributed by atoms with Crippen LogP contribution in [0.4, 0.5) is 8.78 Å². The second-order valence-electron chi connectivity index (χ2n) is 3.91. The lowest BCUT2D eigenvalue weighted by Gasteiger charge is -2.17. The van der Waals surface area contributed by atoms with Gasteiger partial charge in [-0.3, -0.25) is 0 Å². The van der Waals surface area contributed by atoms with Gasteiger partial charge in [-0.2, -0.15) is 0 Å². The quantitative estimate of drug-likeness (QED) is 0.857. The fourth-order valence-corrected chi connectivity index (χ4v) is 2.14. The first-order chi connectivity index (χ1) is 7.67. The van der Waals surface area contributed by atoms with Crippen molar-refractivity contribution in [2.75, 3.05) is 6.54 Å². The molecule has 2 atom stereocenters. The Hall–Kier alpha value is -1.16. The van der Waals surface area contributed by atoms with Crippen molar-refractivity contribution in [1.82, 2.24) is 5.32 Å². The lowest BCUT2D eigenvalue weighted by atomic mass is 10.0. The number of rotatable bonds is 3. The highest BCUT2D eigenvalue weighted by atomic mass is 19.1. The summed E-state index contributed by atoms with van der Waals surface area (Å²) in [5, 5.41) is 3.20. The molecule has 0 bridgehead atoms. The molecule has 0 amide bonds. The Bertz CT molecular complexity index is 395. The van der Waals surface area contributed by atoms with Gasteiger partial charge in [-0.15, -0.1) is 0 Å². The summed E-state index contributed by atoms with van der Waals surface area (Å²) in [6, 6.07) is 2.09. The van der Waals surface area contributed by atoms with Crippen LogP contribution < -0.4 is 10.1 Å². The van der Waals surface area contributed by atoms with Crippen molar-refractivity contribution in [3.05, 3.63) is 29.3 Å². The second kappa shape index (κ2) is 4.37. The maximum Gasteiger partial charge on any atom is 0.168 e. The molecule has 0 fully saturated rings. The summed E-state index contributed by atoms with van der Waals surface area (Å²) < 4.78 is 32.1. The molecule has 16 heavy (non-hydrogen) atoms. The van der Waals surface area contributed by atoms with Gasteiger partial charge >= 0.3 is 0 Å². The minimum atomic E-state index is -0.617. The smallest absolute Gasteiger partial charge is 0.168 e. The number of benzene rings is 1. The fourth-order valence-electron chi connectivity index (χ4n) is 2.14. The predicted octanol–water partition coefficient (Wildman–Crippen LogP) is 2.79. The molecule has 88 valence electrons. The average Bonchev–Trinajstić information content (AvgIpc) is 2.58. The Balaban J connectivity index is 2.41. The molecule has 0 spiro atoms. The number of likely N-dealkylation sites (N-methyl/N-ethyl adjacent to an activating group) is 1. The molecule has 4 heteroatoms. The average molecular weight is 227 g/mol. The number of ether oxygens (including phenoxy) is 1. The van der Waals surface area contributed by atoms with Crippen LogP contribution in [-0.4, -0.2) is 12.6 Å².